The van der Waals surface area contributed by atoms with Gasteiger partial charge >= 0.3 is 11.9 Å². The number of benzene rings is 3. The SMILES string of the molecule is C=C(C)COc1ccc(-c2ccc(OC(=O)C(=C)C)cc2)cc1-c1ccc(OC(=O)C(=C)C)cc1. The molecule has 3 aromatic carbocycles. The Hall–Kier alpha value is -4.38. The van der Waals surface area contributed by atoms with Gasteiger partial charge in [-0.3, -0.25) is 0 Å². The largest absolute Gasteiger partial charge is 0.489 e. The summed E-state index contributed by atoms with van der Waals surface area (Å²) < 4.78 is 16.6. The third kappa shape index (κ3) is 6.81. The van der Waals surface area contributed by atoms with Crippen molar-refractivity contribution >= 4 is 11.9 Å². The fourth-order valence-electron chi connectivity index (χ4n) is 3.07. The number of ether oxygens (including phenoxy) is 3. The van der Waals surface area contributed by atoms with Gasteiger partial charge in [-0.05, 0) is 79.4 Å². The molecule has 0 unspecified atom stereocenters. The number of carbonyl (C=O) groups excluding carboxylic acids is 2. The van der Waals surface area contributed by atoms with Crippen molar-refractivity contribution in [1.29, 1.82) is 0 Å². The third-order valence-corrected chi connectivity index (χ3v) is 4.92. The van der Waals surface area contributed by atoms with Crippen LogP contribution in [0.1, 0.15) is 20.8 Å². The molecule has 0 bridgehead atoms. The summed E-state index contributed by atoms with van der Waals surface area (Å²) in [6.45, 7) is 16.6. The van der Waals surface area contributed by atoms with E-state index in [1.165, 1.54) is 0 Å². The maximum Gasteiger partial charge on any atom is 0.338 e. The quantitative estimate of drug-likeness (QED) is 0.147. The van der Waals surface area contributed by atoms with E-state index in [0.717, 1.165) is 27.8 Å². The summed E-state index contributed by atoms with van der Waals surface area (Å²) in [7, 11) is 0. The molecule has 5 nitrogen and oxygen atoms in total. The molecule has 0 spiro atoms. The summed E-state index contributed by atoms with van der Waals surface area (Å²) in [4.78, 5) is 23.6. The molecule has 0 radical (unpaired) electrons. The summed E-state index contributed by atoms with van der Waals surface area (Å²) >= 11 is 0. The van der Waals surface area contributed by atoms with Crippen LogP contribution in [0.25, 0.3) is 22.3 Å². The zero-order valence-corrected chi connectivity index (χ0v) is 20.2. The number of hydrogen-bond donors (Lipinski definition) is 0. The molecule has 5 heteroatoms. The summed E-state index contributed by atoms with van der Waals surface area (Å²) in [5.74, 6) is 0.653. The molecule has 0 saturated carbocycles. The van der Waals surface area contributed by atoms with Crippen molar-refractivity contribution in [3.8, 4) is 39.5 Å². The van der Waals surface area contributed by atoms with Gasteiger partial charge < -0.3 is 14.2 Å². The first-order valence-corrected chi connectivity index (χ1v) is 11.0. The topological polar surface area (TPSA) is 61.8 Å². The molecule has 3 aromatic rings. The van der Waals surface area contributed by atoms with Crippen LogP contribution in [-0.2, 0) is 9.59 Å². The van der Waals surface area contributed by atoms with Crippen LogP contribution in [0.3, 0.4) is 0 Å². The van der Waals surface area contributed by atoms with Crippen molar-refractivity contribution in [2.24, 2.45) is 0 Å². The molecule has 0 fully saturated rings. The molecule has 3 rings (SSSR count). The minimum Gasteiger partial charge on any atom is -0.489 e. The normalized spacial score (nSPS) is 10.3. The Kier molecular flexibility index (Phi) is 8.05. The maximum absolute atomic E-state index is 11.8. The van der Waals surface area contributed by atoms with Gasteiger partial charge in [0.15, 0.2) is 0 Å². The van der Waals surface area contributed by atoms with E-state index in [1.54, 1.807) is 38.1 Å². The van der Waals surface area contributed by atoms with Gasteiger partial charge in [-0.2, -0.15) is 0 Å². The lowest BCUT2D eigenvalue weighted by atomic mass is 9.98. The average Bonchev–Trinajstić information content (AvgIpc) is 2.83. The Morgan fingerprint density at radius 1 is 0.657 bits per heavy atom. The van der Waals surface area contributed by atoms with Crippen molar-refractivity contribution < 1.29 is 23.8 Å². The first-order valence-electron chi connectivity index (χ1n) is 11.0. The van der Waals surface area contributed by atoms with Gasteiger partial charge in [0, 0.05) is 16.7 Å². The Bertz CT molecular complexity index is 1280. The summed E-state index contributed by atoms with van der Waals surface area (Å²) in [5, 5.41) is 0. The number of rotatable bonds is 9. The first kappa shape index (κ1) is 25.2. The molecule has 0 saturated heterocycles. The molecule has 0 aromatic heterocycles. The lowest BCUT2D eigenvalue weighted by Crippen LogP contribution is -2.08. The molecule has 35 heavy (non-hydrogen) atoms. The smallest absolute Gasteiger partial charge is 0.338 e. The van der Waals surface area contributed by atoms with Crippen molar-refractivity contribution in [3.05, 3.63) is 103 Å². The van der Waals surface area contributed by atoms with Crippen molar-refractivity contribution in [3.63, 3.8) is 0 Å². The number of esters is 2. The van der Waals surface area contributed by atoms with Crippen molar-refractivity contribution in [2.75, 3.05) is 6.61 Å². The van der Waals surface area contributed by atoms with Crippen LogP contribution in [0.2, 0.25) is 0 Å². The van der Waals surface area contributed by atoms with Crippen molar-refractivity contribution in [1.82, 2.24) is 0 Å². The van der Waals surface area contributed by atoms with E-state index in [1.807, 2.05) is 49.4 Å². The summed E-state index contributed by atoms with van der Waals surface area (Å²) in [6, 6.07) is 20.4. The highest BCUT2D eigenvalue weighted by Gasteiger charge is 2.12. The van der Waals surface area contributed by atoms with Crippen LogP contribution >= 0.6 is 0 Å². The Morgan fingerprint density at radius 2 is 1.11 bits per heavy atom. The maximum atomic E-state index is 11.8. The van der Waals surface area contributed by atoms with E-state index in [4.69, 9.17) is 14.2 Å². The van der Waals surface area contributed by atoms with Gasteiger partial charge in [-0.1, -0.05) is 50.1 Å². The van der Waals surface area contributed by atoms with Gasteiger partial charge in [-0.25, -0.2) is 9.59 Å². The Morgan fingerprint density at radius 3 is 1.57 bits per heavy atom. The van der Waals surface area contributed by atoms with Crippen molar-refractivity contribution in [2.45, 2.75) is 20.8 Å². The van der Waals surface area contributed by atoms with E-state index in [9.17, 15) is 9.59 Å². The molecule has 0 amide bonds. The van der Waals surface area contributed by atoms with Crippen LogP contribution in [0.4, 0.5) is 0 Å². The van der Waals surface area contributed by atoms with Gasteiger partial charge in [0.1, 0.15) is 23.9 Å². The Balaban J connectivity index is 1.93. The molecular weight excluding hydrogens is 440 g/mol. The monoisotopic (exact) mass is 468 g/mol. The van der Waals surface area contributed by atoms with Gasteiger partial charge in [0.05, 0.1) is 0 Å². The predicted molar refractivity (Wildman–Crippen MR) is 139 cm³/mol. The average molecular weight is 469 g/mol. The van der Waals surface area contributed by atoms with Gasteiger partial charge in [0.2, 0.25) is 0 Å². The molecule has 0 atom stereocenters. The third-order valence-electron chi connectivity index (χ3n) is 4.92. The van der Waals surface area contributed by atoms with E-state index in [0.29, 0.717) is 35.0 Å². The fourth-order valence-corrected chi connectivity index (χ4v) is 3.07. The summed E-state index contributed by atoms with van der Waals surface area (Å²) in [6.07, 6.45) is 0. The zero-order chi connectivity index (χ0) is 25.5. The molecule has 178 valence electrons. The molecule has 0 heterocycles. The second-order valence-electron chi connectivity index (χ2n) is 8.35. The standard InChI is InChI=1S/C30H28O5/c1-19(2)18-33-28-16-11-24(22-7-12-25(13-8-22)34-29(31)20(3)4)17-27(28)23-9-14-26(15-10-23)35-30(32)21(5)6/h7-17H,1,3,5,18H2,2,4,6H3. The number of hydrogen-bond acceptors (Lipinski definition) is 5. The predicted octanol–water partition coefficient (Wildman–Crippen LogP) is 6.94. The van der Waals surface area contributed by atoms with E-state index in [2.05, 4.69) is 19.7 Å². The van der Waals surface area contributed by atoms with Crippen LogP contribution in [0.5, 0.6) is 17.2 Å². The molecule has 0 aliphatic carbocycles. The number of carbonyl (C=O) groups is 2. The lowest BCUT2D eigenvalue weighted by Gasteiger charge is -2.15. The highest BCUT2D eigenvalue weighted by Crippen LogP contribution is 2.36. The Labute approximate surface area is 206 Å². The van der Waals surface area contributed by atoms with E-state index in [-0.39, 0.29) is 0 Å². The second-order valence-corrected chi connectivity index (χ2v) is 8.35. The zero-order valence-electron chi connectivity index (χ0n) is 20.2. The first-order chi connectivity index (χ1) is 16.6. The minimum atomic E-state index is -0.470. The van der Waals surface area contributed by atoms with Crippen LogP contribution < -0.4 is 14.2 Å². The molecule has 0 N–H and O–H groups in total. The highest BCUT2D eigenvalue weighted by molar-refractivity contribution is 5.89. The van der Waals surface area contributed by atoms with Crippen LogP contribution in [-0.4, -0.2) is 18.5 Å². The summed E-state index contributed by atoms with van der Waals surface area (Å²) in [5.41, 5.74) is 5.24. The van der Waals surface area contributed by atoms with Gasteiger partial charge in [0.25, 0.3) is 0 Å². The second kappa shape index (κ2) is 11.2. The minimum absolute atomic E-state index is 0.331. The van der Waals surface area contributed by atoms with Crippen LogP contribution in [0.15, 0.2) is 103 Å². The van der Waals surface area contributed by atoms with Crippen LogP contribution in [0, 0.1) is 0 Å². The van der Waals surface area contributed by atoms with E-state index >= 15 is 0 Å². The lowest BCUT2D eigenvalue weighted by molar-refractivity contribution is -0.130. The van der Waals surface area contributed by atoms with Gasteiger partial charge in [-0.15, -0.1) is 0 Å². The molecule has 0 aliphatic rings. The molecular formula is C30H28O5. The highest BCUT2D eigenvalue weighted by atomic mass is 16.5. The molecule has 0 aliphatic heterocycles. The fraction of sp³-hybridized carbons (Fsp3) is 0.133. The van der Waals surface area contributed by atoms with E-state index < -0.39 is 11.9 Å².